The van der Waals surface area contributed by atoms with Crippen molar-refractivity contribution in [2.45, 2.75) is 32.7 Å². The Hall–Kier alpha value is -3.09. The van der Waals surface area contributed by atoms with E-state index in [1.807, 2.05) is 39.0 Å². The molecule has 0 radical (unpaired) electrons. The average molecular weight is 385 g/mol. The highest BCUT2D eigenvalue weighted by Gasteiger charge is 2.17. The normalized spacial score (nSPS) is 10.9. The van der Waals surface area contributed by atoms with E-state index in [1.54, 1.807) is 20.3 Å². The first-order chi connectivity index (χ1) is 13.2. The topological polar surface area (TPSA) is 89.5 Å². The number of pyridine rings is 1. The number of nitrogens with one attached hydrogen (secondary N) is 2. The first kappa shape index (κ1) is 21.2. The predicted octanol–water partition coefficient (Wildman–Crippen LogP) is 2.60. The van der Waals surface area contributed by atoms with Crippen LogP contribution in [0.15, 0.2) is 36.7 Å². The molecule has 2 N–H and O–H groups in total. The molecule has 0 aliphatic carbocycles. The number of carbonyl (C=O) groups is 2. The molecule has 0 atom stereocenters. The number of aromatic nitrogens is 1. The number of carbonyl (C=O) groups excluding carboxylic acids is 2. The van der Waals surface area contributed by atoms with Crippen molar-refractivity contribution in [2.75, 3.05) is 20.8 Å². The minimum atomic E-state index is -0.366. The van der Waals surface area contributed by atoms with E-state index in [-0.39, 0.29) is 17.4 Å². The first-order valence-electron chi connectivity index (χ1n) is 9.00. The minimum Gasteiger partial charge on any atom is -0.493 e. The zero-order valence-corrected chi connectivity index (χ0v) is 17.0. The van der Waals surface area contributed by atoms with Gasteiger partial charge < -0.3 is 20.1 Å². The van der Waals surface area contributed by atoms with Crippen LogP contribution in [0.1, 0.15) is 47.1 Å². The van der Waals surface area contributed by atoms with Crippen molar-refractivity contribution < 1.29 is 19.1 Å². The van der Waals surface area contributed by atoms with Gasteiger partial charge in [-0.25, -0.2) is 0 Å². The zero-order chi connectivity index (χ0) is 20.7. The number of ether oxygens (including phenoxy) is 2. The van der Waals surface area contributed by atoms with Gasteiger partial charge in [0.05, 0.1) is 25.3 Å². The Kier molecular flexibility index (Phi) is 6.98. The standard InChI is InChI=1S/C21H27N3O4/c1-21(2,3)24-20(26)16-11-15(12-22-13-16)19(25)23-9-8-14-6-7-17(27-4)18(10-14)28-5/h6-7,10-13H,8-9H2,1-5H3,(H,23,25)(H,24,26). The summed E-state index contributed by atoms with van der Waals surface area (Å²) in [6, 6.07) is 7.17. The van der Waals surface area contributed by atoms with Crippen LogP contribution < -0.4 is 20.1 Å². The summed E-state index contributed by atoms with van der Waals surface area (Å²) < 4.78 is 10.5. The van der Waals surface area contributed by atoms with Gasteiger partial charge in [-0.1, -0.05) is 6.07 Å². The Balaban J connectivity index is 1.96. The Morgan fingerprint density at radius 3 is 2.21 bits per heavy atom. The van der Waals surface area contributed by atoms with E-state index < -0.39 is 0 Å². The number of amides is 2. The second kappa shape index (κ2) is 9.21. The van der Waals surface area contributed by atoms with Crippen molar-refractivity contribution in [1.29, 1.82) is 0 Å². The van der Waals surface area contributed by atoms with Gasteiger partial charge in [-0.05, 0) is 51.0 Å². The van der Waals surface area contributed by atoms with E-state index in [0.29, 0.717) is 35.6 Å². The van der Waals surface area contributed by atoms with Crippen LogP contribution >= 0.6 is 0 Å². The fourth-order valence-electron chi connectivity index (χ4n) is 2.56. The monoisotopic (exact) mass is 385 g/mol. The fraction of sp³-hybridized carbons (Fsp3) is 0.381. The third-order valence-corrected chi connectivity index (χ3v) is 3.90. The summed E-state index contributed by atoms with van der Waals surface area (Å²) in [6.45, 7) is 6.11. The molecule has 2 aromatic rings. The molecule has 150 valence electrons. The van der Waals surface area contributed by atoms with Gasteiger partial charge in [0.1, 0.15) is 0 Å². The molecule has 1 heterocycles. The summed E-state index contributed by atoms with van der Waals surface area (Å²) >= 11 is 0. The molecule has 1 aromatic heterocycles. The summed E-state index contributed by atoms with van der Waals surface area (Å²) in [5, 5.41) is 5.70. The first-order valence-corrected chi connectivity index (χ1v) is 9.00. The maximum atomic E-state index is 12.4. The molecule has 0 aliphatic rings. The molecule has 7 nitrogen and oxygen atoms in total. The zero-order valence-electron chi connectivity index (χ0n) is 17.0. The van der Waals surface area contributed by atoms with Crippen molar-refractivity contribution in [2.24, 2.45) is 0 Å². The lowest BCUT2D eigenvalue weighted by Gasteiger charge is -2.20. The molecule has 0 saturated carbocycles. The highest BCUT2D eigenvalue weighted by atomic mass is 16.5. The summed E-state index contributed by atoms with van der Waals surface area (Å²) in [5.41, 5.74) is 1.33. The quantitative estimate of drug-likeness (QED) is 0.765. The second-order valence-electron chi connectivity index (χ2n) is 7.36. The van der Waals surface area contributed by atoms with E-state index in [1.165, 1.54) is 12.4 Å². The van der Waals surface area contributed by atoms with Crippen molar-refractivity contribution >= 4 is 11.8 Å². The van der Waals surface area contributed by atoms with Crippen LogP contribution in [-0.4, -0.2) is 43.1 Å². The molecule has 2 rings (SSSR count). The maximum absolute atomic E-state index is 12.4. The molecule has 28 heavy (non-hydrogen) atoms. The number of benzene rings is 1. The maximum Gasteiger partial charge on any atom is 0.253 e. The number of rotatable bonds is 7. The Morgan fingerprint density at radius 2 is 1.61 bits per heavy atom. The van der Waals surface area contributed by atoms with Crippen LogP contribution in [-0.2, 0) is 6.42 Å². The lowest BCUT2D eigenvalue weighted by atomic mass is 10.1. The Morgan fingerprint density at radius 1 is 0.964 bits per heavy atom. The molecule has 0 aliphatic heterocycles. The third-order valence-electron chi connectivity index (χ3n) is 3.90. The number of hydrogen-bond acceptors (Lipinski definition) is 5. The predicted molar refractivity (Wildman–Crippen MR) is 107 cm³/mol. The van der Waals surface area contributed by atoms with Crippen LogP contribution in [0.4, 0.5) is 0 Å². The van der Waals surface area contributed by atoms with Crippen LogP contribution in [0.25, 0.3) is 0 Å². The van der Waals surface area contributed by atoms with Crippen LogP contribution in [0.2, 0.25) is 0 Å². The highest BCUT2D eigenvalue weighted by molar-refractivity contribution is 5.99. The lowest BCUT2D eigenvalue weighted by molar-refractivity contribution is 0.0919. The molecular formula is C21H27N3O4. The van der Waals surface area contributed by atoms with Crippen molar-refractivity contribution in [3.05, 3.63) is 53.3 Å². The van der Waals surface area contributed by atoms with Gasteiger partial charge in [0.15, 0.2) is 11.5 Å². The molecule has 0 unspecified atom stereocenters. The number of nitrogens with zero attached hydrogens (tertiary/aromatic N) is 1. The molecule has 0 saturated heterocycles. The van der Waals surface area contributed by atoms with Gasteiger partial charge in [0, 0.05) is 24.5 Å². The van der Waals surface area contributed by atoms with Gasteiger partial charge in [0.25, 0.3) is 11.8 Å². The Labute approximate surface area is 165 Å². The van der Waals surface area contributed by atoms with E-state index in [0.717, 1.165) is 5.56 Å². The lowest BCUT2D eigenvalue weighted by Crippen LogP contribution is -2.40. The van der Waals surface area contributed by atoms with Gasteiger partial charge in [-0.15, -0.1) is 0 Å². The summed E-state index contributed by atoms with van der Waals surface area (Å²) in [6.07, 6.45) is 3.52. The van der Waals surface area contributed by atoms with Crippen molar-refractivity contribution in [1.82, 2.24) is 15.6 Å². The average Bonchev–Trinajstić information content (AvgIpc) is 2.66. The van der Waals surface area contributed by atoms with Crippen molar-refractivity contribution in [3.8, 4) is 11.5 Å². The van der Waals surface area contributed by atoms with E-state index in [9.17, 15) is 9.59 Å². The van der Waals surface area contributed by atoms with Crippen LogP contribution in [0, 0.1) is 0 Å². The largest absolute Gasteiger partial charge is 0.493 e. The smallest absolute Gasteiger partial charge is 0.253 e. The van der Waals surface area contributed by atoms with E-state index in [4.69, 9.17) is 9.47 Å². The molecule has 7 heteroatoms. The molecule has 0 fully saturated rings. The van der Waals surface area contributed by atoms with Crippen molar-refractivity contribution in [3.63, 3.8) is 0 Å². The summed E-state index contributed by atoms with van der Waals surface area (Å²) in [5.74, 6) is 0.762. The van der Waals surface area contributed by atoms with E-state index >= 15 is 0 Å². The summed E-state index contributed by atoms with van der Waals surface area (Å²) in [7, 11) is 3.17. The fourth-order valence-corrected chi connectivity index (χ4v) is 2.56. The number of methoxy groups -OCH3 is 2. The van der Waals surface area contributed by atoms with Gasteiger partial charge in [-0.2, -0.15) is 0 Å². The van der Waals surface area contributed by atoms with Crippen LogP contribution in [0.5, 0.6) is 11.5 Å². The molecule has 1 aromatic carbocycles. The second-order valence-corrected chi connectivity index (χ2v) is 7.36. The Bertz CT molecular complexity index is 844. The molecule has 0 spiro atoms. The van der Waals surface area contributed by atoms with Gasteiger partial charge >= 0.3 is 0 Å². The summed E-state index contributed by atoms with van der Waals surface area (Å²) in [4.78, 5) is 28.6. The van der Waals surface area contributed by atoms with Gasteiger partial charge in [-0.3, -0.25) is 14.6 Å². The highest BCUT2D eigenvalue weighted by Crippen LogP contribution is 2.27. The molecule has 0 bridgehead atoms. The third kappa shape index (κ3) is 5.97. The SMILES string of the molecule is COc1ccc(CCNC(=O)c2cncc(C(=O)NC(C)(C)C)c2)cc1OC. The van der Waals surface area contributed by atoms with Crippen LogP contribution in [0.3, 0.4) is 0 Å². The molecule has 2 amide bonds. The van der Waals surface area contributed by atoms with E-state index in [2.05, 4.69) is 15.6 Å². The van der Waals surface area contributed by atoms with Gasteiger partial charge in [0.2, 0.25) is 0 Å². The number of hydrogen-bond donors (Lipinski definition) is 2. The minimum absolute atomic E-state index is 0.264. The molecular weight excluding hydrogens is 358 g/mol.